The number of benzene rings is 1. The molecule has 1 fully saturated rings. The molecule has 4 heteroatoms. The van der Waals surface area contributed by atoms with Gasteiger partial charge in [-0.15, -0.1) is 0 Å². The summed E-state index contributed by atoms with van der Waals surface area (Å²) in [6.07, 6.45) is 2.52. The van der Waals surface area contributed by atoms with Gasteiger partial charge < -0.3 is 10.5 Å². The minimum atomic E-state index is 0.372. The van der Waals surface area contributed by atoms with Crippen molar-refractivity contribution in [1.82, 2.24) is 4.90 Å². The number of likely N-dealkylation sites (tertiary alicyclic amines) is 1. The minimum absolute atomic E-state index is 0.372. The van der Waals surface area contributed by atoms with Gasteiger partial charge in [-0.25, -0.2) is 0 Å². The fourth-order valence-corrected chi connectivity index (χ4v) is 3.02. The van der Waals surface area contributed by atoms with Crippen LogP contribution in [0.3, 0.4) is 0 Å². The van der Waals surface area contributed by atoms with E-state index >= 15 is 0 Å². The molecule has 0 radical (unpaired) electrons. The maximum Gasteiger partial charge on any atom is 0.0599 e. The van der Waals surface area contributed by atoms with Crippen molar-refractivity contribution in [2.24, 2.45) is 5.73 Å². The van der Waals surface area contributed by atoms with E-state index in [1.54, 1.807) is 7.11 Å². The van der Waals surface area contributed by atoms with Crippen LogP contribution in [0.5, 0.6) is 0 Å². The van der Waals surface area contributed by atoms with Gasteiger partial charge in [-0.2, -0.15) is 0 Å². The van der Waals surface area contributed by atoms with Gasteiger partial charge in [-0.05, 0) is 37.0 Å². The number of nitrogens with two attached hydrogens (primary N) is 1. The first kappa shape index (κ1) is 15.0. The maximum atomic E-state index is 5.91. The topological polar surface area (TPSA) is 38.5 Å². The molecule has 1 aromatic carbocycles. The second-order valence-corrected chi connectivity index (χ2v) is 6.18. The highest BCUT2D eigenvalue weighted by Gasteiger charge is 2.27. The molecule has 0 saturated carbocycles. The van der Waals surface area contributed by atoms with E-state index < -0.39 is 0 Å². The molecule has 2 rings (SSSR count). The number of hydrogen-bond donors (Lipinski definition) is 1. The van der Waals surface area contributed by atoms with Gasteiger partial charge in [0.05, 0.1) is 6.10 Å². The molecule has 1 aliphatic heterocycles. The minimum Gasteiger partial charge on any atom is -0.381 e. The molecule has 0 amide bonds. The predicted octanol–water partition coefficient (Wildman–Crippen LogP) is 2.70. The summed E-state index contributed by atoms with van der Waals surface area (Å²) >= 11 is 3.55. The Morgan fingerprint density at radius 1 is 1.47 bits per heavy atom. The van der Waals surface area contributed by atoms with Gasteiger partial charge in [0.2, 0.25) is 0 Å². The van der Waals surface area contributed by atoms with Crippen molar-refractivity contribution in [2.45, 2.75) is 38.5 Å². The highest BCUT2D eigenvalue weighted by Crippen LogP contribution is 2.23. The molecule has 2 unspecified atom stereocenters. The second kappa shape index (κ2) is 6.84. The molecule has 1 heterocycles. The third-order valence-corrected chi connectivity index (χ3v) is 4.89. The van der Waals surface area contributed by atoms with Crippen LogP contribution in [0, 0.1) is 6.92 Å². The van der Waals surface area contributed by atoms with Crippen molar-refractivity contribution in [3.63, 3.8) is 0 Å². The number of methoxy groups -OCH3 is 1. The Morgan fingerprint density at radius 3 is 2.89 bits per heavy atom. The van der Waals surface area contributed by atoms with Crippen molar-refractivity contribution in [2.75, 3.05) is 20.2 Å². The van der Waals surface area contributed by atoms with Gasteiger partial charge in [0.25, 0.3) is 0 Å². The molecule has 2 N–H and O–H groups in total. The van der Waals surface area contributed by atoms with Crippen LogP contribution >= 0.6 is 15.9 Å². The number of rotatable bonds is 4. The first-order valence-electron chi connectivity index (χ1n) is 6.86. The normalized spacial score (nSPS) is 24.6. The largest absolute Gasteiger partial charge is 0.381 e. The number of hydrogen-bond acceptors (Lipinski definition) is 3. The molecule has 1 saturated heterocycles. The first-order chi connectivity index (χ1) is 9.13. The molecule has 0 aromatic heterocycles. The quantitative estimate of drug-likeness (QED) is 0.924. The van der Waals surface area contributed by atoms with E-state index in [2.05, 4.69) is 46.0 Å². The fraction of sp³-hybridized carbons (Fsp3) is 0.600. The zero-order valence-electron chi connectivity index (χ0n) is 11.7. The van der Waals surface area contributed by atoms with Crippen LogP contribution in [0.4, 0.5) is 0 Å². The number of ether oxygens (including phenoxy) is 1. The third kappa shape index (κ3) is 3.78. The van der Waals surface area contributed by atoms with Crippen LogP contribution < -0.4 is 5.73 Å². The van der Waals surface area contributed by atoms with E-state index in [-0.39, 0.29) is 0 Å². The van der Waals surface area contributed by atoms with Crippen LogP contribution in [0.2, 0.25) is 0 Å². The predicted molar refractivity (Wildman–Crippen MR) is 82.2 cm³/mol. The Balaban J connectivity index is 2.03. The molecular weight excluding hydrogens is 304 g/mol. The molecule has 0 bridgehead atoms. The standard InChI is InChI=1S/C15H23BrN2O/c1-11-7-12(3-4-15(11)16)10-18-6-5-14(19-2)8-13(18)9-17/h3-4,7,13-14H,5-6,8-10,17H2,1-2H3. The highest BCUT2D eigenvalue weighted by molar-refractivity contribution is 9.10. The summed E-state index contributed by atoms with van der Waals surface area (Å²) in [5, 5.41) is 0. The maximum absolute atomic E-state index is 5.91. The summed E-state index contributed by atoms with van der Waals surface area (Å²) in [5.74, 6) is 0. The average molecular weight is 327 g/mol. The van der Waals surface area contributed by atoms with Crippen LogP contribution in [0.25, 0.3) is 0 Å². The van der Waals surface area contributed by atoms with E-state index in [1.165, 1.54) is 15.6 Å². The summed E-state index contributed by atoms with van der Waals surface area (Å²) in [6.45, 7) is 4.88. The van der Waals surface area contributed by atoms with Gasteiger partial charge >= 0.3 is 0 Å². The SMILES string of the molecule is COC1CCN(Cc2ccc(Br)c(C)c2)C(CN)C1. The average Bonchev–Trinajstić information content (AvgIpc) is 2.43. The lowest BCUT2D eigenvalue weighted by Crippen LogP contribution is -2.47. The van der Waals surface area contributed by atoms with Crippen molar-refractivity contribution in [3.05, 3.63) is 33.8 Å². The third-order valence-electron chi connectivity index (χ3n) is 4.00. The van der Waals surface area contributed by atoms with Crippen molar-refractivity contribution >= 4 is 15.9 Å². The van der Waals surface area contributed by atoms with E-state index in [0.29, 0.717) is 18.7 Å². The van der Waals surface area contributed by atoms with Crippen molar-refractivity contribution in [1.29, 1.82) is 0 Å². The van der Waals surface area contributed by atoms with Gasteiger partial charge in [0.1, 0.15) is 0 Å². The molecule has 19 heavy (non-hydrogen) atoms. The van der Waals surface area contributed by atoms with Gasteiger partial charge in [0.15, 0.2) is 0 Å². The number of piperidine rings is 1. The Kier molecular flexibility index (Phi) is 5.39. The molecular formula is C15H23BrN2O. The summed E-state index contributed by atoms with van der Waals surface area (Å²) in [6, 6.07) is 7.00. The monoisotopic (exact) mass is 326 g/mol. The number of nitrogens with zero attached hydrogens (tertiary/aromatic N) is 1. The van der Waals surface area contributed by atoms with Gasteiger partial charge in [-0.3, -0.25) is 4.90 Å². The number of halogens is 1. The summed E-state index contributed by atoms with van der Waals surface area (Å²) in [4.78, 5) is 2.48. The van der Waals surface area contributed by atoms with Gasteiger partial charge in [-0.1, -0.05) is 28.1 Å². The summed E-state index contributed by atoms with van der Waals surface area (Å²) < 4.78 is 6.64. The Bertz CT molecular complexity index is 425. The fourth-order valence-electron chi connectivity index (χ4n) is 2.77. The summed E-state index contributed by atoms with van der Waals surface area (Å²) in [5.41, 5.74) is 8.56. The van der Waals surface area contributed by atoms with E-state index in [0.717, 1.165) is 25.9 Å². The Morgan fingerprint density at radius 2 is 2.26 bits per heavy atom. The summed E-state index contributed by atoms with van der Waals surface area (Å²) in [7, 11) is 1.80. The van der Waals surface area contributed by atoms with E-state index in [1.807, 2.05) is 0 Å². The highest BCUT2D eigenvalue weighted by atomic mass is 79.9. The smallest absolute Gasteiger partial charge is 0.0599 e. The van der Waals surface area contributed by atoms with Crippen LogP contribution in [-0.4, -0.2) is 37.2 Å². The van der Waals surface area contributed by atoms with Crippen LogP contribution in [0.15, 0.2) is 22.7 Å². The van der Waals surface area contributed by atoms with Crippen LogP contribution in [0.1, 0.15) is 24.0 Å². The molecule has 0 spiro atoms. The van der Waals surface area contributed by atoms with E-state index in [4.69, 9.17) is 10.5 Å². The lowest BCUT2D eigenvalue weighted by atomic mass is 9.98. The molecule has 106 valence electrons. The zero-order valence-corrected chi connectivity index (χ0v) is 13.3. The zero-order chi connectivity index (χ0) is 13.8. The molecule has 0 aliphatic carbocycles. The Hall–Kier alpha value is -0.420. The molecule has 1 aromatic rings. The first-order valence-corrected chi connectivity index (χ1v) is 7.65. The number of aryl methyl sites for hydroxylation is 1. The van der Waals surface area contributed by atoms with Gasteiger partial charge in [0, 0.05) is 37.3 Å². The molecule has 3 nitrogen and oxygen atoms in total. The van der Waals surface area contributed by atoms with Crippen molar-refractivity contribution < 1.29 is 4.74 Å². The van der Waals surface area contributed by atoms with E-state index in [9.17, 15) is 0 Å². The van der Waals surface area contributed by atoms with Crippen LogP contribution in [-0.2, 0) is 11.3 Å². The lowest BCUT2D eigenvalue weighted by Gasteiger charge is -2.38. The molecule has 2 atom stereocenters. The second-order valence-electron chi connectivity index (χ2n) is 5.33. The lowest BCUT2D eigenvalue weighted by molar-refractivity contribution is 0.0102. The Labute approximate surface area is 124 Å². The van der Waals surface area contributed by atoms with Crippen molar-refractivity contribution in [3.8, 4) is 0 Å². The molecule has 1 aliphatic rings.